The van der Waals surface area contributed by atoms with E-state index in [0.717, 1.165) is 24.0 Å². The van der Waals surface area contributed by atoms with Gasteiger partial charge in [-0.1, -0.05) is 79.1 Å². The number of hydrogen-bond acceptors (Lipinski definition) is 5. The molecule has 1 N–H and O–H groups in total. The van der Waals surface area contributed by atoms with E-state index in [0.29, 0.717) is 17.9 Å². The van der Waals surface area contributed by atoms with E-state index in [4.69, 9.17) is 4.74 Å². The van der Waals surface area contributed by atoms with Crippen LogP contribution in [0.2, 0.25) is 0 Å². The van der Waals surface area contributed by atoms with Gasteiger partial charge in [-0.25, -0.2) is 0 Å². The number of amides is 1. The van der Waals surface area contributed by atoms with Gasteiger partial charge >= 0.3 is 6.01 Å². The highest BCUT2D eigenvalue weighted by molar-refractivity contribution is 5.78. The van der Waals surface area contributed by atoms with Crippen molar-refractivity contribution in [3.8, 4) is 28.5 Å². The van der Waals surface area contributed by atoms with Gasteiger partial charge in [-0.2, -0.15) is 4.98 Å². The monoisotopic (exact) mass is 362 g/mol. The molecule has 0 spiro atoms. The molecule has 2 aromatic carbocycles. The summed E-state index contributed by atoms with van der Waals surface area (Å²) in [5.41, 5.74) is 3.16. The molecule has 0 unspecified atom stereocenters. The first-order valence-corrected chi connectivity index (χ1v) is 9.03. The summed E-state index contributed by atoms with van der Waals surface area (Å²) in [4.78, 5) is 16.3. The van der Waals surface area contributed by atoms with Gasteiger partial charge in [-0.05, 0) is 6.42 Å². The smallest absolute Gasteiger partial charge is 0.336 e. The molecule has 0 aliphatic rings. The second-order valence-electron chi connectivity index (χ2n) is 6.02. The molecule has 138 valence electrons. The van der Waals surface area contributed by atoms with Crippen molar-refractivity contribution >= 4 is 5.91 Å². The van der Waals surface area contributed by atoms with Gasteiger partial charge in [0, 0.05) is 17.7 Å². The Morgan fingerprint density at radius 2 is 1.56 bits per heavy atom. The molecule has 6 nitrogen and oxygen atoms in total. The molecule has 0 radical (unpaired) electrons. The van der Waals surface area contributed by atoms with Gasteiger partial charge in [-0.3, -0.25) is 4.79 Å². The fraction of sp³-hybridized carbons (Fsp3) is 0.238. The van der Waals surface area contributed by atoms with Gasteiger partial charge in [0.1, 0.15) is 11.4 Å². The van der Waals surface area contributed by atoms with Crippen LogP contribution < -0.4 is 10.1 Å². The molecule has 0 fully saturated rings. The summed E-state index contributed by atoms with van der Waals surface area (Å²) in [5, 5.41) is 11.2. The third kappa shape index (κ3) is 5.10. The number of unbranched alkanes of at least 4 members (excludes halogenated alkanes) is 1. The highest BCUT2D eigenvalue weighted by atomic mass is 16.5. The maximum absolute atomic E-state index is 11.8. The Morgan fingerprint density at radius 1 is 0.926 bits per heavy atom. The SMILES string of the molecule is CCCCNC(=O)COc1nnc(-c2ccccc2)c(-c2ccccc2)n1. The molecule has 0 aliphatic carbocycles. The number of carbonyl (C=O) groups excluding carboxylic acids is 1. The van der Waals surface area contributed by atoms with E-state index in [9.17, 15) is 4.79 Å². The Kier molecular flexibility index (Phi) is 6.46. The molecule has 1 heterocycles. The van der Waals surface area contributed by atoms with Crippen LogP contribution in [0.1, 0.15) is 19.8 Å². The Labute approximate surface area is 158 Å². The fourth-order valence-electron chi connectivity index (χ4n) is 2.55. The summed E-state index contributed by atoms with van der Waals surface area (Å²) in [7, 11) is 0. The van der Waals surface area contributed by atoms with E-state index in [-0.39, 0.29) is 18.5 Å². The number of ether oxygens (including phenoxy) is 1. The van der Waals surface area contributed by atoms with Crippen molar-refractivity contribution in [2.75, 3.05) is 13.2 Å². The number of hydrogen-bond donors (Lipinski definition) is 1. The lowest BCUT2D eigenvalue weighted by atomic mass is 10.0. The molecule has 3 rings (SSSR count). The third-order valence-electron chi connectivity index (χ3n) is 3.95. The molecule has 0 saturated carbocycles. The number of nitrogens with zero attached hydrogens (tertiary/aromatic N) is 3. The molecule has 0 bridgehead atoms. The molecule has 27 heavy (non-hydrogen) atoms. The highest BCUT2D eigenvalue weighted by Gasteiger charge is 2.14. The van der Waals surface area contributed by atoms with Crippen LogP contribution in [0.25, 0.3) is 22.5 Å². The molecular weight excluding hydrogens is 340 g/mol. The largest absolute Gasteiger partial charge is 0.452 e. The van der Waals surface area contributed by atoms with Crippen molar-refractivity contribution in [1.82, 2.24) is 20.5 Å². The normalized spacial score (nSPS) is 10.4. The predicted octanol–water partition coefficient (Wildman–Crippen LogP) is 3.50. The first kappa shape index (κ1) is 18.5. The molecule has 6 heteroatoms. The van der Waals surface area contributed by atoms with E-state index in [1.54, 1.807) is 0 Å². The van der Waals surface area contributed by atoms with Crippen LogP contribution in [0.4, 0.5) is 0 Å². The van der Waals surface area contributed by atoms with Crippen LogP contribution >= 0.6 is 0 Å². The maximum atomic E-state index is 11.8. The Balaban J connectivity index is 1.82. The van der Waals surface area contributed by atoms with Crippen molar-refractivity contribution in [3.05, 3.63) is 60.7 Å². The van der Waals surface area contributed by atoms with Crippen molar-refractivity contribution in [1.29, 1.82) is 0 Å². The average molecular weight is 362 g/mol. The molecule has 3 aromatic rings. The van der Waals surface area contributed by atoms with Gasteiger partial charge in [0.2, 0.25) is 0 Å². The number of nitrogens with one attached hydrogen (secondary N) is 1. The van der Waals surface area contributed by atoms with Gasteiger partial charge in [0.25, 0.3) is 5.91 Å². The van der Waals surface area contributed by atoms with Gasteiger partial charge in [0.15, 0.2) is 6.61 Å². The minimum atomic E-state index is -0.194. The zero-order valence-electron chi connectivity index (χ0n) is 15.3. The van der Waals surface area contributed by atoms with E-state index in [2.05, 4.69) is 27.4 Å². The summed E-state index contributed by atoms with van der Waals surface area (Å²) in [6.45, 7) is 2.58. The quantitative estimate of drug-likeness (QED) is 0.621. The lowest BCUT2D eigenvalue weighted by Gasteiger charge is -2.10. The standard InChI is InChI=1S/C21H22N4O2/c1-2-3-14-22-18(26)15-27-21-23-19(16-10-6-4-7-11-16)20(24-25-21)17-12-8-5-9-13-17/h4-13H,2-3,14-15H2,1H3,(H,22,26). The number of carbonyl (C=O) groups is 1. The summed E-state index contributed by atoms with van der Waals surface area (Å²) in [6, 6.07) is 19.6. The third-order valence-corrected chi connectivity index (χ3v) is 3.95. The second-order valence-corrected chi connectivity index (χ2v) is 6.02. The fourth-order valence-corrected chi connectivity index (χ4v) is 2.55. The van der Waals surface area contributed by atoms with Crippen LogP contribution in [0.5, 0.6) is 6.01 Å². The van der Waals surface area contributed by atoms with Crippen molar-refractivity contribution < 1.29 is 9.53 Å². The highest BCUT2D eigenvalue weighted by Crippen LogP contribution is 2.28. The molecule has 1 aromatic heterocycles. The average Bonchev–Trinajstić information content (AvgIpc) is 2.73. The maximum Gasteiger partial charge on any atom is 0.336 e. The molecular formula is C21H22N4O2. The Bertz CT molecular complexity index is 870. The van der Waals surface area contributed by atoms with Gasteiger partial charge in [-0.15, -0.1) is 5.10 Å². The van der Waals surface area contributed by atoms with E-state index < -0.39 is 0 Å². The van der Waals surface area contributed by atoms with E-state index >= 15 is 0 Å². The molecule has 0 atom stereocenters. The zero-order valence-corrected chi connectivity index (χ0v) is 15.3. The molecule has 0 saturated heterocycles. The number of rotatable bonds is 8. The van der Waals surface area contributed by atoms with E-state index in [1.807, 2.05) is 60.7 Å². The topological polar surface area (TPSA) is 77.0 Å². The summed E-state index contributed by atoms with van der Waals surface area (Å²) in [6.07, 6.45) is 1.96. The minimum Gasteiger partial charge on any atom is -0.452 e. The summed E-state index contributed by atoms with van der Waals surface area (Å²) >= 11 is 0. The van der Waals surface area contributed by atoms with Crippen LogP contribution in [-0.2, 0) is 4.79 Å². The second kappa shape index (κ2) is 9.43. The number of aromatic nitrogens is 3. The Hall–Kier alpha value is -3.28. The van der Waals surface area contributed by atoms with Crippen LogP contribution in [0.15, 0.2) is 60.7 Å². The summed E-state index contributed by atoms with van der Waals surface area (Å²) < 4.78 is 5.45. The molecule has 1 amide bonds. The number of benzene rings is 2. The predicted molar refractivity (Wildman–Crippen MR) is 104 cm³/mol. The van der Waals surface area contributed by atoms with Crippen molar-refractivity contribution in [2.45, 2.75) is 19.8 Å². The first-order chi connectivity index (χ1) is 13.3. The van der Waals surface area contributed by atoms with Crippen LogP contribution in [-0.4, -0.2) is 34.2 Å². The van der Waals surface area contributed by atoms with Gasteiger partial charge < -0.3 is 10.1 Å². The van der Waals surface area contributed by atoms with Crippen molar-refractivity contribution in [2.24, 2.45) is 0 Å². The lowest BCUT2D eigenvalue weighted by Crippen LogP contribution is -2.30. The minimum absolute atomic E-state index is 0.0826. The summed E-state index contributed by atoms with van der Waals surface area (Å²) in [5.74, 6) is -0.194. The van der Waals surface area contributed by atoms with Gasteiger partial charge in [0.05, 0.1) is 0 Å². The van der Waals surface area contributed by atoms with Crippen molar-refractivity contribution in [3.63, 3.8) is 0 Å². The first-order valence-electron chi connectivity index (χ1n) is 9.03. The Morgan fingerprint density at radius 3 is 2.19 bits per heavy atom. The lowest BCUT2D eigenvalue weighted by molar-refractivity contribution is -0.123. The van der Waals surface area contributed by atoms with E-state index in [1.165, 1.54) is 0 Å². The van der Waals surface area contributed by atoms with Crippen LogP contribution in [0.3, 0.4) is 0 Å². The molecule has 0 aliphatic heterocycles. The van der Waals surface area contributed by atoms with Crippen LogP contribution in [0, 0.1) is 0 Å². The zero-order chi connectivity index (χ0) is 18.9.